The number of thiazole rings is 1. The molecule has 2 aliphatic carbocycles. The van der Waals surface area contributed by atoms with Gasteiger partial charge in [0.1, 0.15) is 0 Å². The monoisotopic (exact) mass is 280 g/mol. The van der Waals surface area contributed by atoms with Crippen molar-refractivity contribution in [2.45, 2.75) is 57.6 Å². The first-order valence-corrected chi connectivity index (χ1v) is 8.51. The molecular weight excluding hydrogens is 256 g/mol. The third-order valence-electron chi connectivity index (χ3n) is 4.94. The van der Waals surface area contributed by atoms with Crippen molar-refractivity contribution in [1.29, 1.82) is 0 Å². The van der Waals surface area contributed by atoms with Crippen LogP contribution in [0.15, 0.2) is 10.9 Å². The van der Waals surface area contributed by atoms with Crippen LogP contribution in [-0.4, -0.2) is 30.3 Å². The fraction of sp³-hybridized carbons (Fsp3) is 0.800. The molecule has 4 heteroatoms. The Balaban J connectivity index is 1.51. The minimum atomic E-state index is 0.456. The summed E-state index contributed by atoms with van der Waals surface area (Å²) in [6.45, 7) is 4.03. The second kappa shape index (κ2) is 5.90. The fourth-order valence-corrected chi connectivity index (χ4v) is 4.50. The van der Waals surface area contributed by atoms with Gasteiger partial charge in [-0.2, -0.15) is 0 Å². The molecule has 0 saturated heterocycles. The number of nitrogens with zero attached hydrogens (tertiary/aromatic N) is 1. The Kier molecular flexibility index (Phi) is 4.20. The van der Waals surface area contributed by atoms with Crippen LogP contribution < -0.4 is 5.32 Å². The summed E-state index contributed by atoms with van der Waals surface area (Å²) in [6, 6.07) is 0.671. The van der Waals surface area contributed by atoms with Crippen LogP contribution in [0.2, 0.25) is 0 Å². The number of nitrogens with one attached hydrogen (secondary N) is 1. The normalized spacial score (nSPS) is 28.7. The Morgan fingerprint density at radius 2 is 2.32 bits per heavy atom. The van der Waals surface area contributed by atoms with Gasteiger partial charge in [-0.25, -0.2) is 4.98 Å². The fourth-order valence-electron chi connectivity index (χ4n) is 3.91. The smallest absolute Gasteiger partial charge is 0.0794 e. The van der Waals surface area contributed by atoms with Gasteiger partial charge >= 0.3 is 0 Å². The van der Waals surface area contributed by atoms with Crippen molar-refractivity contribution in [3.05, 3.63) is 16.6 Å². The molecule has 1 heterocycles. The van der Waals surface area contributed by atoms with E-state index in [1.807, 2.05) is 5.51 Å². The quantitative estimate of drug-likeness (QED) is 0.870. The average molecular weight is 280 g/mol. The van der Waals surface area contributed by atoms with E-state index in [1.165, 1.54) is 37.8 Å². The molecule has 2 unspecified atom stereocenters. The van der Waals surface area contributed by atoms with Crippen molar-refractivity contribution in [3.8, 4) is 0 Å². The second-order valence-electron chi connectivity index (χ2n) is 5.86. The lowest BCUT2D eigenvalue weighted by molar-refractivity contribution is -0.130. The van der Waals surface area contributed by atoms with Crippen LogP contribution in [0.3, 0.4) is 0 Å². The summed E-state index contributed by atoms with van der Waals surface area (Å²) in [5, 5.41) is 5.91. The summed E-state index contributed by atoms with van der Waals surface area (Å²) < 4.78 is 5.95. The highest BCUT2D eigenvalue weighted by atomic mass is 32.1. The highest BCUT2D eigenvalue weighted by molar-refractivity contribution is 7.07. The van der Waals surface area contributed by atoms with E-state index in [0.29, 0.717) is 17.6 Å². The molecule has 0 bridgehead atoms. The number of hydrogen-bond acceptors (Lipinski definition) is 4. The Morgan fingerprint density at radius 1 is 1.47 bits per heavy atom. The first-order chi connectivity index (χ1) is 9.35. The summed E-state index contributed by atoms with van der Waals surface area (Å²) in [5.74, 6) is 0. The molecule has 2 aliphatic rings. The Morgan fingerprint density at radius 3 is 3.00 bits per heavy atom. The topological polar surface area (TPSA) is 34.1 Å². The zero-order chi connectivity index (χ0) is 13.1. The predicted molar refractivity (Wildman–Crippen MR) is 78.5 cm³/mol. The standard InChI is InChI=1S/C15H24N2OS/c1-2-18-14-9-13(15(14)6-3-4-7-15)16-8-5-12-10-19-11-17-12/h10-11,13-14,16H,2-9H2,1H3. The minimum absolute atomic E-state index is 0.456. The SMILES string of the molecule is CCOC1CC(NCCc2cscn2)C12CCCC2. The van der Waals surface area contributed by atoms with Crippen molar-refractivity contribution in [2.75, 3.05) is 13.2 Å². The van der Waals surface area contributed by atoms with Crippen molar-refractivity contribution >= 4 is 11.3 Å². The first kappa shape index (κ1) is 13.5. The number of aromatic nitrogens is 1. The molecule has 19 heavy (non-hydrogen) atoms. The molecule has 2 atom stereocenters. The molecule has 2 saturated carbocycles. The maximum atomic E-state index is 5.95. The van der Waals surface area contributed by atoms with E-state index >= 15 is 0 Å². The molecule has 1 aromatic heterocycles. The average Bonchev–Trinajstić information content (AvgIpc) is 3.09. The third-order valence-corrected chi connectivity index (χ3v) is 5.58. The van der Waals surface area contributed by atoms with E-state index in [-0.39, 0.29) is 0 Å². The molecule has 1 aromatic rings. The van der Waals surface area contributed by atoms with E-state index in [4.69, 9.17) is 4.74 Å². The molecule has 0 aromatic carbocycles. The summed E-state index contributed by atoms with van der Waals surface area (Å²) in [4.78, 5) is 4.34. The lowest BCUT2D eigenvalue weighted by atomic mass is 9.60. The van der Waals surface area contributed by atoms with Crippen LogP contribution in [0.25, 0.3) is 0 Å². The van der Waals surface area contributed by atoms with Gasteiger partial charge in [-0.3, -0.25) is 0 Å². The van der Waals surface area contributed by atoms with Crippen LogP contribution in [-0.2, 0) is 11.2 Å². The van der Waals surface area contributed by atoms with Crippen molar-refractivity contribution in [2.24, 2.45) is 5.41 Å². The number of hydrogen-bond donors (Lipinski definition) is 1. The molecule has 3 nitrogen and oxygen atoms in total. The highest BCUT2D eigenvalue weighted by Gasteiger charge is 2.56. The Hall–Kier alpha value is -0.450. The molecule has 106 valence electrons. The number of ether oxygens (including phenoxy) is 1. The van der Waals surface area contributed by atoms with Gasteiger partial charge in [-0.15, -0.1) is 11.3 Å². The molecule has 1 spiro atoms. The molecule has 0 amide bonds. The summed E-state index contributed by atoms with van der Waals surface area (Å²) in [7, 11) is 0. The summed E-state index contributed by atoms with van der Waals surface area (Å²) >= 11 is 1.69. The van der Waals surface area contributed by atoms with E-state index in [2.05, 4.69) is 22.6 Å². The van der Waals surface area contributed by atoms with Gasteiger partial charge in [0.2, 0.25) is 0 Å². The largest absolute Gasteiger partial charge is 0.378 e. The van der Waals surface area contributed by atoms with Gasteiger partial charge in [0, 0.05) is 36.4 Å². The lowest BCUT2D eigenvalue weighted by Gasteiger charge is -2.54. The minimum Gasteiger partial charge on any atom is -0.378 e. The van der Waals surface area contributed by atoms with Gasteiger partial charge in [-0.05, 0) is 26.2 Å². The van der Waals surface area contributed by atoms with Gasteiger partial charge < -0.3 is 10.1 Å². The van der Waals surface area contributed by atoms with E-state index < -0.39 is 0 Å². The maximum Gasteiger partial charge on any atom is 0.0794 e. The van der Waals surface area contributed by atoms with Crippen LogP contribution in [0.5, 0.6) is 0 Å². The zero-order valence-corrected chi connectivity index (χ0v) is 12.5. The van der Waals surface area contributed by atoms with Crippen LogP contribution in [0.1, 0.15) is 44.7 Å². The molecule has 1 N–H and O–H groups in total. The van der Waals surface area contributed by atoms with Gasteiger partial charge in [0.05, 0.1) is 17.3 Å². The van der Waals surface area contributed by atoms with Gasteiger partial charge in [0.15, 0.2) is 0 Å². The maximum absolute atomic E-state index is 5.95. The zero-order valence-electron chi connectivity index (χ0n) is 11.7. The van der Waals surface area contributed by atoms with E-state index in [9.17, 15) is 0 Å². The van der Waals surface area contributed by atoms with Crippen LogP contribution >= 0.6 is 11.3 Å². The number of rotatable bonds is 6. The van der Waals surface area contributed by atoms with Crippen LogP contribution in [0, 0.1) is 5.41 Å². The first-order valence-electron chi connectivity index (χ1n) is 7.57. The Labute approximate surface area is 119 Å². The van der Waals surface area contributed by atoms with Crippen LogP contribution in [0.4, 0.5) is 0 Å². The Bertz CT molecular complexity index is 387. The molecule has 3 rings (SSSR count). The van der Waals surface area contributed by atoms with Gasteiger partial charge in [0.25, 0.3) is 0 Å². The lowest BCUT2D eigenvalue weighted by Crippen LogP contribution is -2.62. The van der Waals surface area contributed by atoms with E-state index in [1.54, 1.807) is 11.3 Å². The summed E-state index contributed by atoms with van der Waals surface area (Å²) in [6.07, 6.45) is 8.23. The molecule has 0 aliphatic heterocycles. The second-order valence-corrected chi connectivity index (χ2v) is 6.58. The third kappa shape index (κ3) is 2.58. The molecular formula is C15H24N2OS. The highest BCUT2D eigenvalue weighted by Crippen LogP contribution is 2.54. The van der Waals surface area contributed by atoms with Gasteiger partial charge in [-0.1, -0.05) is 12.8 Å². The summed E-state index contributed by atoms with van der Waals surface area (Å²) in [5.41, 5.74) is 3.60. The molecule has 0 radical (unpaired) electrons. The van der Waals surface area contributed by atoms with Crippen molar-refractivity contribution < 1.29 is 4.74 Å². The van der Waals surface area contributed by atoms with Crippen molar-refractivity contribution in [1.82, 2.24) is 10.3 Å². The molecule has 2 fully saturated rings. The van der Waals surface area contributed by atoms with E-state index in [0.717, 1.165) is 19.6 Å². The van der Waals surface area contributed by atoms with Crippen molar-refractivity contribution in [3.63, 3.8) is 0 Å². The predicted octanol–water partition coefficient (Wildman–Crippen LogP) is 3.01.